The minimum atomic E-state index is -3.63. The van der Waals surface area contributed by atoms with Crippen molar-refractivity contribution in [2.24, 2.45) is 0 Å². The Morgan fingerprint density at radius 1 is 1.38 bits per heavy atom. The number of thioether (sulfide) groups is 1. The van der Waals surface area contributed by atoms with Crippen LogP contribution in [0.4, 0.5) is 5.69 Å². The first-order chi connectivity index (χ1) is 9.88. The molecule has 1 unspecified atom stereocenters. The van der Waals surface area contributed by atoms with Crippen molar-refractivity contribution in [3.8, 4) is 5.75 Å². The Bertz CT molecular complexity index is 561. The van der Waals surface area contributed by atoms with Crippen LogP contribution in [0.25, 0.3) is 0 Å². The molecule has 0 radical (unpaired) electrons. The van der Waals surface area contributed by atoms with Gasteiger partial charge >= 0.3 is 0 Å². The predicted molar refractivity (Wildman–Crippen MR) is 89.4 cm³/mol. The van der Waals surface area contributed by atoms with Crippen LogP contribution in [0.1, 0.15) is 20.3 Å². The molecule has 2 N–H and O–H groups in total. The fourth-order valence-corrected chi connectivity index (χ4v) is 4.56. The van der Waals surface area contributed by atoms with E-state index in [1.807, 2.05) is 20.1 Å². The van der Waals surface area contributed by atoms with Gasteiger partial charge in [0.15, 0.2) is 0 Å². The third kappa shape index (κ3) is 4.28. The number of sulfonamides is 1. The van der Waals surface area contributed by atoms with Gasteiger partial charge in [-0.2, -0.15) is 16.1 Å². The molecule has 0 amide bonds. The quantitative estimate of drug-likeness (QED) is 0.740. The zero-order chi connectivity index (χ0) is 16.0. The van der Waals surface area contributed by atoms with Gasteiger partial charge in [0.1, 0.15) is 10.6 Å². The van der Waals surface area contributed by atoms with Gasteiger partial charge in [-0.05, 0) is 37.8 Å². The van der Waals surface area contributed by atoms with E-state index >= 15 is 0 Å². The molecule has 1 rings (SSSR count). The highest BCUT2D eigenvalue weighted by Crippen LogP contribution is 2.30. The first kappa shape index (κ1) is 18.1. The summed E-state index contributed by atoms with van der Waals surface area (Å²) in [7, 11) is -2.02. The van der Waals surface area contributed by atoms with Gasteiger partial charge in [0, 0.05) is 24.5 Å². The number of nitrogens with zero attached hydrogens (tertiary/aromatic N) is 1. The molecule has 1 aromatic rings. The monoisotopic (exact) mass is 332 g/mol. The molecule has 0 aliphatic rings. The summed E-state index contributed by atoms with van der Waals surface area (Å²) >= 11 is 1.63. The summed E-state index contributed by atoms with van der Waals surface area (Å²) in [6.07, 6.45) is 2.72. The Balaban J connectivity index is 3.25. The zero-order valence-electron chi connectivity index (χ0n) is 13.0. The van der Waals surface area contributed by atoms with Crippen LogP contribution < -0.4 is 10.5 Å². The minimum Gasteiger partial charge on any atom is -0.492 e. The second-order valence-electron chi connectivity index (χ2n) is 4.68. The van der Waals surface area contributed by atoms with Crippen LogP contribution in [-0.4, -0.2) is 44.4 Å². The summed E-state index contributed by atoms with van der Waals surface area (Å²) < 4.78 is 32.5. The molecule has 0 bridgehead atoms. The number of hydrogen-bond donors (Lipinski definition) is 1. The van der Waals surface area contributed by atoms with Crippen LogP contribution in [0.15, 0.2) is 23.1 Å². The van der Waals surface area contributed by atoms with Gasteiger partial charge in [-0.3, -0.25) is 0 Å². The highest BCUT2D eigenvalue weighted by atomic mass is 32.2. The molecule has 0 spiro atoms. The van der Waals surface area contributed by atoms with Crippen molar-refractivity contribution in [2.45, 2.75) is 31.2 Å². The zero-order valence-corrected chi connectivity index (χ0v) is 14.6. The Morgan fingerprint density at radius 2 is 2.05 bits per heavy atom. The second-order valence-corrected chi connectivity index (χ2v) is 7.55. The van der Waals surface area contributed by atoms with Gasteiger partial charge in [-0.15, -0.1) is 0 Å². The van der Waals surface area contributed by atoms with Crippen LogP contribution in [-0.2, 0) is 10.0 Å². The van der Waals surface area contributed by atoms with Crippen molar-refractivity contribution in [2.75, 3.05) is 31.4 Å². The van der Waals surface area contributed by atoms with Crippen molar-refractivity contribution < 1.29 is 13.2 Å². The number of benzene rings is 1. The average Bonchev–Trinajstić information content (AvgIpc) is 2.46. The summed E-state index contributed by atoms with van der Waals surface area (Å²) in [4.78, 5) is 0.131. The Hall–Kier alpha value is -0.920. The number of rotatable bonds is 8. The van der Waals surface area contributed by atoms with E-state index in [2.05, 4.69) is 0 Å². The second kappa shape index (κ2) is 7.91. The smallest absolute Gasteiger partial charge is 0.246 e. The van der Waals surface area contributed by atoms with Crippen molar-refractivity contribution in [3.63, 3.8) is 0 Å². The summed E-state index contributed by atoms with van der Waals surface area (Å²) in [6.45, 7) is 4.20. The average molecular weight is 332 g/mol. The third-order valence-electron chi connectivity index (χ3n) is 3.27. The number of hydrogen-bond acceptors (Lipinski definition) is 5. The molecule has 0 aromatic heterocycles. The Kier molecular flexibility index (Phi) is 6.83. The summed E-state index contributed by atoms with van der Waals surface area (Å²) in [5, 5.41) is 0. The van der Waals surface area contributed by atoms with Gasteiger partial charge in [0.2, 0.25) is 10.0 Å². The highest BCUT2D eigenvalue weighted by molar-refractivity contribution is 7.98. The topological polar surface area (TPSA) is 72.6 Å². The van der Waals surface area contributed by atoms with E-state index in [9.17, 15) is 8.42 Å². The molecule has 0 saturated heterocycles. The Morgan fingerprint density at radius 3 is 2.57 bits per heavy atom. The molecule has 21 heavy (non-hydrogen) atoms. The molecule has 0 heterocycles. The molecule has 0 aliphatic heterocycles. The predicted octanol–water partition coefficient (Wildman–Crippen LogP) is 2.43. The van der Waals surface area contributed by atoms with Gasteiger partial charge in [0.05, 0.1) is 6.61 Å². The van der Waals surface area contributed by atoms with Crippen LogP contribution in [0.2, 0.25) is 0 Å². The van der Waals surface area contributed by atoms with Crippen LogP contribution >= 0.6 is 11.8 Å². The lowest BCUT2D eigenvalue weighted by molar-refractivity contribution is 0.327. The SMILES string of the molecule is CCOc1ccc(N)cc1S(=O)(=O)N(C)C(CC)CSC. The van der Waals surface area contributed by atoms with E-state index in [0.29, 0.717) is 18.0 Å². The molecule has 7 heteroatoms. The summed E-state index contributed by atoms with van der Waals surface area (Å²) in [6, 6.07) is 4.65. The molecular weight excluding hydrogens is 308 g/mol. The number of anilines is 1. The molecule has 1 aromatic carbocycles. The molecule has 0 saturated carbocycles. The number of ether oxygens (including phenoxy) is 1. The third-order valence-corrected chi connectivity index (χ3v) is 5.92. The Labute approximate surface area is 131 Å². The standard InChI is InChI=1S/C14H24N2O3S2/c1-5-12(10-20-4)16(3)21(17,18)14-9-11(15)7-8-13(14)19-6-2/h7-9,12H,5-6,10,15H2,1-4H3. The van der Waals surface area contributed by atoms with Gasteiger partial charge < -0.3 is 10.5 Å². The van der Waals surface area contributed by atoms with Crippen molar-refractivity contribution >= 4 is 27.5 Å². The van der Waals surface area contributed by atoms with E-state index < -0.39 is 10.0 Å². The minimum absolute atomic E-state index is 0.0547. The van der Waals surface area contributed by atoms with E-state index in [4.69, 9.17) is 10.5 Å². The summed E-state index contributed by atoms with van der Waals surface area (Å²) in [5.41, 5.74) is 6.15. The normalized spacial score (nSPS) is 13.4. The maximum atomic E-state index is 12.8. The number of nitrogens with two attached hydrogens (primary N) is 1. The van der Waals surface area contributed by atoms with Crippen LogP contribution in [0.3, 0.4) is 0 Å². The van der Waals surface area contributed by atoms with Crippen molar-refractivity contribution in [3.05, 3.63) is 18.2 Å². The van der Waals surface area contributed by atoms with E-state index in [-0.39, 0.29) is 10.9 Å². The van der Waals surface area contributed by atoms with Crippen molar-refractivity contribution in [1.29, 1.82) is 0 Å². The maximum Gasteiger partial charge on any atom is 0.246 e. The molecule has 120 valence electrons. The van der Waals surface area contributed by atoms with Gasteiger partial charge in [0.25, 0.3) is 0 Å². The highest BCUT2D eigenvalue weighted by Gasteiger charge is 2.29. The van der Waals surface area contributed by atoms with Crippen LogP contribution in [0, 0.1) is 0 Å². The van der Waals surface area contributed by atoms with E-state index in [1.165, 1.54) is 10.4 Å². The summed E-state index contributed by atoms with van der Waals surface area (Å²) in [5.74, 6) is 1.09. The van der Waals surface area contributed by atoms with Gasteiger partial charge in [-0.1, -0.05) is 6.92 Å². The largest absolute Gasteiger partial charge is 0.492 e. The lowest BCUT2D eigenvalue weighted by atomic mass is 10.3. The maximum absolute atomic E-state index is 12.8. The lowest BCUT2D eigenvalue weighted by Gasteiger charge is -2.26. The molecule has 0 aliphatic carbocycles. The molecular formula is C14H24N2O3S2. The fraction of sp³-hybridized carbons (Fsp3) is 0.571. The van der Waals surface area contributed by atoms with Crippen LogP contribution in [0.5, 0.6) is 5.75 Å². The fourth-order valence-electron chi connectivity index (χ4n) is 2.02. The molecule has 0 fully saturated rings. The molecule has 1 atom stereocenters. The van der Waals surface area contributed by atoms with Gasteiger partial charge in [-0.25, -0.2) is 8.42 Å². The molecule has 5 nitrogen and oxygen atoms in total. The van der Waals surface area contributed by atoms with E-state index in [1.54, 1.807) is 30.9 Å². The van der Waals surface area contributed by atoms with E-state index in [0.717, 1.165) is 12.2 Å². The van der Waals surface area contributed by atoms with Crippen molar-refractivity contribution in [1.82, 2.24) is 4.31 Å². The first-order valence-corrected chi connectivity index (χ1v) is 9.71. The lowest BCUT2D eigenvalue weighted by Crippen LogP contribution is -2.38. The number of nitrogen functional groups attached to an aromatic ring is 1. The first-order valence-electron chi connectivity index (χ1n) is 6.87.